The molecule has 0 amide bonds. The highest BCUT2D eigenvalue weighted by atomic mass is 31.2. The number of benzene rings is 1. The van der Waals surface area contributed by atoms with Crippen molar-refractivity contribution in [2.45, 2.75) is 57.8 Å². The van der Waals surface area contributed by atoms with Gasteiger partial charge in [0.05, 0.1) is 24.6 Å². The first kappa shape index (κ1) is 26.4. The number of fused-ring (bicyclic) bond motifs is 1. The Kier molecular flexibility index (Phi) is 6.63. The molecule has 3 atom stereocenters. The van der Waals surface area contributed by atoms with Gasteiger partial charge in [-0.05, 0) is 48.4 Å². The van der Waals surface area contributed by atoms with Crippen LogP contribution in [0.25, 0.3) is 0 Å². The summed E-state index contributed by atoms with van der Waals surface area (Å²) in [6.07, 6.45) is -4.89. The number of aryl methyl sites for hydroxylation is 1. The molecule has 1 aliphatic heterocycles. The average molecular weight is 524 g/mol. The first-order valence-electron chi connectivity index (χ1n) is 11.2. The normalized spacial score (nSPS) is 18.7. The van der Waals surface area contributed by atoms with Gasteiger partial charge < -0.3 is 30.0 Å². The van der Waals surface area contributed by atoms with E-state index in [1.54, 1.807) is 0 Å². The van der Waals surface area contributed by atoms with Gasteiger partial charge in [0.1, 0.15) is 24.1 Å². The first-order valence-corrected chi connectivity index (χ1v) is 12.7. The van der Waals surface area contributed by atoms with Crippen LogP contribution in [0.5, 0.6) is 0 Å². The Balaban J connectivity index is 1.84. The van der Waals surface area contributed by atoms with Crippen molar-refractivity contribution < 1.29 is 34.2 Å². The average Bonchev–Trinajstić information content (AvgIpc) is 2.97. The van der Waals surface area contributed by atoms with E-state index < -0.39 is 50.5 Å². The van der Waals surface area contributed by atoms with Crippen LogP contribution in [0.4, 0.5) is 17.2 Å². The van der Waals surface area contributed by atoms with Crippen LogP contribution < -0.4 is 16.1 Å². The number of nitrogens with zero attached hydrogens (tertiary/aromatic N) is 2. The van der Waals surface area contributed by atoms with E-state index in [0.717, 1.165) is 22.3 Å². The molecular weight excluding hydrogens is 495 g/mol. The maximum atomic E-state index is 12.8. The van der Waals surface area contributed by atoms with Gasteiger partial charge >= 0.3 is 13.5 Å². The lowest BCUT2D eigenvalue weighted by Gasteiger charge is -2.32. The predicted octanol–water partition coefficient (Wildman–Crippen LogP) is 0.126. The SMILES string of the molecule is Cc1cc2c3c(c1C)C(C)(C)CC3=Nc1c([nH]c(=O)[nH]c1=O)N2C[C@H](O)[C@H](O)[C@H](O)COP(=O)(O)O. The number of aromatic amines is 2. The minimum atomic E-state index is -4.91. The Labute approximate surface area is 205 Å². The van der Waals surface area contributed by atoms with Gasteiger partial charge in [0, 0.05) is 5.56 Å². The van der Waals surface area contributed by atoms with Crippen molar-refractivity contribution in [1.29, 1.82) is 0 Å². The van der Waals surface area contributed by atoms with Crippen LogP contribution >= 0.6 is 7.82 Å². The van der Waals surface area contributed by atoms with Crippen LogP contribution in [0.1, 0.15) is 42.5 Å². The second kappa shape index (κ2) is 9.03. The van der Waals surface area contributed by atoms with E-state index in [1.165, 1.54) is 4.90 Å². The minimum Gasteiger partial charge on any atom is -0.388 e. The summed E-state index contributed by atoms with van der Waals surface area (Å²) < 4.78 is 15.2. The van der Waals surface area contributed by atoms with E-state index in [2.05, 4.69) is 33.3 Å². The zero-order valence-corrected chi connectivity index (χ0v) is 21.0. The zero-order valence-electron chi connectivity index (χ0n) is 20.1. The van der Waals surface area contributed by atoms with Crippen molar-refractivity contribution in [3.05, 3.63) is 49.2 Å². The summed E-state index contributed by atoms with van der Waals surface area (Å²) in [7, 11) is -4.91. The van der Waals surface area contributed by atoms with Crippen LogP contribution in [-0.4, -0.2) is 72.2 Å². The number of β-amino-alcohol motifs (C(OH)–C–C–N with tert-alkyl or cyclic N) is 1. The third kappa shape index (κ3) is 4.71. The van der Waals surface area contributed by atoms with Gasteiger partial charge in [-0.1, -0.05) is 13.8 Å². The summed E-state index contributed by atoms with van der Waals surface area (Å²) in [5.41, 5.74) is 3.00. The first-order chi connectivity index (χ1) is 16.6. The van der Waals surface area contributed by atoms with Crippen molar-refractivity contribution in [2.75, 3.05) is 18.1 Å². The van der Waals surface area contributed by atoms with Crippen LogP contribution in [0.15, 0.2) is 20.6 Å². The molecule has 2 aromatic rings. The maximum Gasteiger partial charge on any atom is 0.469 e. The summed E-state index contributed by atoms with van der Waals surface area (Å²) in [6.45, 7) is 6.68. The summed E-state index contributed by atoms with van der Waals surface area (Å²) in [5.74, 6) is 0.00103. The molecule has 14 heteroatoms. The minimum absolute atomic E-state index is 0.00103. The largest absolute Gasteiger partial charge is 0.469 e. The Bertz CT molecular complexity index is 1410. The number of H-pyrrole nitrogens is 2. The second-order valence-corrected chi connectivity index (χ2v) is 11.1. The summed E-state index contributed by atoms with van der Waals surface area (Å²) in [4.78, 5) is 53.4. The fraction of sp³-hybridized carbons (Fsp3) is 0.500. The van der Waals surface area contributed by atoms with E-state index >= 15 is 0 Å². The number of anilines is 2. The van der Waals surface area contributed by atoms with Crippen LogP contribution in [0.3, 0.4) is 0 Å². The standard InChI is InChI=1S/C22H29N4O9P/c1-9-5-12-15-11(6-22(3,4)16(15)10(9)2)23-17-19(24-21(31)25-20(17)30)26(12)7-13(27)18(29)14(28)8-35-36(32,33)34/h5,13-14,18,27-29H,6-8H2,1-4H3,(H2,32,33,34)(H2,24,25,30,31)/t13-,14+,18-/m0/s1. The van der Waals surface area contributed by atoms with Crippen LogP contribution in [0, 0.1) is 13.8 Å². The summed E-state index contributed by atoms with van der Waals surface area (Å²) in [6, 6.07) is 1.84. The van der Waals surface area contributed by atoms with Crippen molar-refractivity contribution in [1.82, 2.24) is 9.97 Å². The monoisotopic (exact) mass is 524 g/mol. The van der Waals surface area contributed by atoms with E-state index in [1.807, 2.05) is 19.9 Å². The fourth-order valence-corrected chi connectivity index (χ4v) is 5.32. The van der Waals surface area contributed by atoms with Crippen LogP contribution in [0.2, 0.25) is 0 Å². The molecule has 1 aromatic heterocycles. The number of aliphatic hydroxyl groups excluding tert-OH is 3. The highest BCUT2D eigenvalue weighted by molar-refractivity contribution is 7.46. The van der Waals surface area contributed by atoms with Crippen molar-refractivity contribution in [2.24, 2.45) is 4.99 Å². The summed E-state index contributed by atoms with van der Waals surface area (Å²) in [5, 5.41) is 31.4. The molecule has 1 aromatic carbocycles. The van der Waals surface area contributed by atoms with E-state index in [4.69, 9.17) is 9.79 Å². The molecule has 0 saturated heterocycles. The van der Waals surface area contributed by atoms with Gasteiger partial charge in [-0.25, -0.2) is 14.4 Å². The molecule has 0 unspecified atom stereocenters. The summed E-state index contributed by atoms with van der Waals surface area (Å²) >= 11 is 0. The molecule has 2 aliphatic rings. The number of hydrogen-bond donors (Lipinski definition) is 7. The quantitative estimate of drug-likeness (QED) is 0.243. The Morgan fingerprint density at radius 1 is 1.17 bits per heavy atom. The van der Waals surface area contributed by atoms with Gasteiger partial charge in [0.25, 0.3) is 5.56 Å². The van der Waals surface area contributed by atoms with Gasteiger partial charge in [-0.3, -0.25) is 19.3 Å². The molecule has 0 bridgehead atoms. The van der Waals surface area contributed by atoms with Gasteiger partial charge in [-0.15, -0.1) is 0 Å². The smallest absolute Gasteiger partial charge is 0.388 e. The Morgan fingerprint density at radius 3 is 2.47 bits per heavy atom. The molecule has 2 heterocycles. The molecule has 0 radical (unpaired) electrons. The number of nitrogens with one attached hydrogen (secondary N) is 2. The number of hydrogen-bond acceptors (Lipinski definition) is 9. The lowest BCUT2D eigenvalue weighted by Crippen LogP contribution is -2.46. The molecular formula is C22H29N4O9P. The molecule has 4 rings (SSSR count). The van der Waals surface area contributed by atoms with E-state index in [9.17, 15) is 29.5 Å². The lowest BCUT2D eigenvalue weighted by atomic mass is 9.82. The third-order valence-electron chi connectivity index (χ3n) is 6.68. The Morgan fingerprint density at radius 2 is 1.83 bits per heavy atom. The van der Waals surface area contributed by atoms with Crippen LogP contribution in [-0.2, 0) is 14.5 Å². The Hall–Kier alpha value is -2.64. The number of phosphoric ester groups is 1. The van der Waals surface area contributed by atoms with E-state index in [-0.39, 0.29) is 16.9 Å². The van der Waals surface area contributed by atoms with Gasteiger partial charge in [-0.2, -0.15) is 0 Å². The molecule has 36 heavy (non-hydrogen) atoms. The number of phosphoric acid groups is 1. The van der Waals surface area contributed by atoms with E-state index in [0.29, 0.717) is 17.8 Å². The van der Waals surface area contributed by atoms with Gasteiger partial charge in [0.15, 0.2) is 5.69 Å². The van der Waals surface area contributed by atoms with Crippen molar-refractivity contribution >= 4 is 30.7 Å². The highest BCUT2D eigenvalue weighted by Crippen LogP contribution is 2.49. The van der Waals surface area contributed by atoms with Crippen molar-refractivity contribution in [3.8, 4) is 0 Å². The predicted molar refractivity (Wildman–Crippen MR) is 130 cm³/mol. The highest BCUT2D eigenvalue weighted by Gasteiger charge is 2.42. The number of aromatic nitrogens is 2. The molecule has 0 fully saturated rings. The number of aliphatic hydroxyl groups is 3. The lowest BCUT2D eigenvalue weighted by molar-refractivity contribution is -0.0717. The molecule has 196 valence electrons. The number of aliphatic imine (C=N–C) groups is 1. The fourth-order valence-electron chi connectivity index (χ4n) is 4.98. The van der Waals surface area contributed by atoms with Crippen molar-refractivity contribution in [3.63, 3.8) is 0 Å². The molecule has 0 spiro atoms. The third-order valence-corrected chi connectivity index (χ3v) is 7.16. The molecule has 13 nitrogen and oxygen atoms in total. The maximum absolute atomic E-state index is 12.8. The molecule has 1 aliphatic carbocycles. The zero-order chi connectivity index (χ0) is 26.7. The van der Waals surface area contributed by atoms with Gasteiger partial charge in [0.2, 0.25) is 0 Å². The molecule has 7 N–H and O–H groups in total. The second-order valence-electron chi connectivity index (χ2n) is 9.83. The number of rotatable bonds is 7. The molecule has 0 saturated carbocycles. The topological polar surface area (TPSA) is 209 Å².